The maximum Gasteiger partial charge on any atom is 0.338 e. The lowest BCUT2D eigenvalue weighted by atomic mass is 10.1. The van der Waals surface area contributed by atoms with Crippen LogP contribution in [0.5, 0.6) is 0 Å². The number of nitrogens with zero attached hydrogens (tertiary/aromatic N) is 1. The van der Waals surface area contributed by atoms with Crippen LogP contribution in [0.1, 0.15) is 55.8 Å². The normalized spacial score (nSPS) is 10.5. The third kappa shape index (κ3) is 5.54. The molecule has 0 saturated carbocycles. The molecule has 18 heavy (non-hydrogen) atoms. The molecule has 0 aliphatic heterocycles. The highest BCUT2D eigenvalue weighted by molar-refractivity contribution is 7.99. The first kappa shape index (κ1) is 15.0. The van der Waals surface area contributed by atoms with Crippen molar-refractivity contribution in [2.75, 3.05) is 5.75 Å². The van der Waals surface area contributed by atoms with Crippen molar-refractivity contribution < 1.29 is 9.90 Å². The number of pyridine rings is 1. The smallest absolute Gasteiger partial charge is 0.338 e. The van der Waals surface area contributed by atoms with E-state index in [4.69, 9.17) is 5.11 Å². The van der Waals surface area contributed by atoms with Gasteiger partial charge in [0.15, 0.2) is 0 Å². The van der Waals surface area contributed by atoms with Crippen molar-refractivity contribution in [1.29, 1.82) is 0 Å². The molecule has 1 N–H and O–H groups in total. The van der Waals surface area contributed by atoms with E-state index in [1.165, 1.54) is 32.1 Å². The summed E-state index contributed by atoms with van der Waals surface area (Å²) < 4.78 is 0. The number of thioether (sulfide) groups is 1. The van der Waals surface area contributed by atoms with Crippen LogP contribution in [0, 0.1) is 0 Å². The number of carbonyl (C=O) groups is 1. The van der Waals surface area contributed by atoms with Gasteiger partial charge in [-0.05, 0) is 24.3 Å². The molecule has 4 heteroatoms. The van der Waals surface area contributed by atoms with Gasteiger partial charge in [0.05, 0.1) is 5.56 Å². The standard InChI is InChI=1S/C14H21NO2S/c1-2-3-4-5-6-7-11-18-13-12(14(16)17)9-8-10-15-13/h8-10H,2-7,11H2,1H3,(H,16,17). The van der Waals surface area contributed by atoms with Crippen LogP contribution >= 0.6 is 11.8 Å². The summed E-state index contributed by atoms with van der Waals surface area (Å²) in [5.41, 5.74) is 0.313. The van der Waals surface area contributed by atoms with Crippen molar-refractivity contribution >= 4 is 17.7 Å². The maximum absolute atomic E-state index is 11.0. The van der Waals surface area contributed by atoms with Crippen molar-refractivity contribution in [3.8, 4) is 0 Å². The van der Waals surface area contributed by atoms with Gasteiger partial charge in [-0.3, -0.25) is 0 Å². The maximum atomic E-state index is 11.0. The number of aromatic nitrogens is 1. The molecular weight excluding hydrogens is 246 g/mol. The van der Waals surface area contributed by atoms with Gasteiger partial charge in [-0.2, -0.15) is 0 Å². The lowest BCUT2D eigenvalue weighted by molar-refractivity contribution is 0.0692. The lowest BCUT2D eigenvalue weighted by Crippen LogP contribution is -2.00. The Morgan fingerprint density at radius 1 is 1.28 bits per heavy atom. The highest BCUT2D eigenvalue weighted by Crippen LogP contribution is 2.21. The van der Waals surface area contributed by atoms with Gasteiger partial charge in [0.1, 0.15) is 5.03 Å². The zero-order chi connectivity index (χ0) is 13.2. The van der Waals surface area contributed by atoms with Crippen molar-refractivity contribution in [2.45, 2.75) is 50.5 Å². The van der Waals surface area contributed by atoms with Gasteiger partial charge in [-0.15, -0.1) is 11.8 Å². The quantitative estimate of drug-likeness (QED) is 0.537. The van der Waals surface area contributed by atoms with E-state index >= 15 is 0 Å². The summed E-state index contributed by atoms with van der Waals surface area (Å²) in [5, 5.41) is 9.65. The number of aromatic carboxylic acids is 1. The first-order valence-electron chi connectivity index (χ1n) is 6.56. The van der Waals surface area contributed by atoms with Crippen molar-refractivity contribution in [3.05, 3.63) is 23.9 Å². The Labute approximate surface area is 113 Å². The van der Waals surface area contributed by atoms with Gasteiger partial charge in [0, 0.05) is 6.20 Å². The predicted molar refractivity (Wildman–Crippen MR) is 75.3 cm³/mol. The third-order valence-corrected chi connectivity index (χ3v) is 3.83. The van der Waals surface area contributed by atoms with Crippen LogP contribution in [-0.2, 0) is 0 Å². The average molecular weight is 267 g/mol. The summed E-state index contributed by atoms with van der Waals surface area (Å²) in [4.78, 5) is 15.1. The van der Waals surface area contributed by atoms with Gasteiger partial charge in [-0.25, -0.2) is 9.78 Å². The molecule has 0 amide bonds. The van der Waals surface area contributed by atoms with Crippen molar-refractivity contribution in [1.82, 2.24) is 4.98 Å². The van der Waals surface area contributed by atoms with Crippen LogP contribution < -0.4 is 0 Å². The summed E-state index contributed by atoms with van der Waals surface area (Å²) in [6, 6.07) is 3.27. The van der Waals surface area contributed by atoms with E-state index in [-0.39, 0.29) is 0 Å². The van der Waals surface area contributed by atoms with Gasteiger partial charge in [0.2, 0.25) is 0 Å². The zero-order valence-corrected chi connectivity index (χ0v) is 11.7. The van der Waals surface area contributed by atoms with Crippen LogP contribution in [-0.4, -0.2) is 21.8 Å². The number of unbranched alkanes of at least 4 members (excludes halogenated alkanes) is 5. The Balaban J connectivity index is 2.25. The first-order valence-corrected chi connectivity index (χ1v) is 7.55. The summed E-state index contributed by atoms with van der Waals surface area (Å²) in [7, 11) is 0. The van der Waals surface area contributed by atoms with Crippen LogP contribution in [0.3, 0.4) is 0 Å². The molecule has 0 atom stereocenters. The van der Waals surface area contributed by atoms with Crippen LogP contribution in [0.4, 0.5) is 0 Å². The van der Waals surface area contributed by atoms with Gasteiger partial charge in [0.25, 0.3) is 0 Å². The predicted octanol–water partition coefficient (Wildman–Crippen LogP) is 4.23. The molecule has 0 bridgehead atoms. The van der Waals surface area contributed by atoms with Gasteiger partial charge < -0.3 is 5.11 Å². The minimum atomic E-state index is -0.895. The third-order valence-electron chi connectivity index (χ3n) is 2.74. The molecule has 0 unspecified atom stereocenters. The Morgan fingerprint density at radius 2 is 2.00 bits per heavy atom. The minimum absolute atomic E-state index is 0.313. The second-order valence-electron chi connectivity index (χ2n) is 4.28. The molecule has 0 aromatic carbocycles. The second-order valence-corrected chi connectivity index (χ2v) is 5.36. The molecule has 100 valence electrons. The number of carboxylic acid groups (broad SMARTS) is 1. The molecule has 1 aromatic heterocycles. The van der Waals surface area contributed by atoms with E-state index < -0.39 is 5.97 Å². The largest absolute Gasteiger partial charge is 0.478 e. The molecule has 3 nitrogen and oxygen atoms in total. The van der Waals surface area contributed by atoms with E-state index in [0.29, 0.717) is 10.6 Å². The first-order chi connectivity index (χ1) is 8.75. The van der Waals surface area contributed by atoms with Crippen molar-refractivity contribution in [3.63, 3.8) is 0 Å². The number of hydrogen-bond donors (Lipinski definition) is 1. The summed E-state index contributed by atoms with van der Waals surface area (Å²) in [6.45, 7) is 2.21. The monoisotopic (exact) mass is 267 g/mol. The van der Waals surface area contributed by atoms with E-state index in [2.05, 4.69) is 11.9 Å². The fraction of sp³-hybridized carbons (Fsp3) is 0.571. The zero-order valence-electron chi connectivity index (χ0n) is 10.9. The SMILES string of the molecule is CCCCCCCCSc1ncccc1C(=O)O. The van der Waals surface area contributed by atoms with E-state index in [0.717, 1.165) is 12.2 Å². The summed E-state index contributed by atoms with van der Waals surface area (Å²) >= 11 is 1.55. The molecule has 0 radical (unpaired) electrons. The number of rotatable bonds is 9. The topological polar surface area (TPSA) is 50.2 Å². The molecule has 0 saturated heterocycles. The van der Waals surface area contributed by atoms with E-state index in [1.54, 1.807) is 30.1 Å². The van der Waals surface area contributed by atoms with Crippen LogP contribution in [0.2, 0.25) is 0 Å². The molecule has 1 aromatic rings. The average Bonchev–Trinajstić information content (AvgIpc) is 2.38. The Kier molecular flexibility index (Phi) is 7.49. The fourth-order valence-electron chi connectivity index (χ4n) is 1.72. The lowest BCUT2D eigenvalue weighted by Gasteiger charge is -2.04. The molecule has 0 aliphatic rings. The highest BCUT2D eigenvalue weighted by Gasteiger charge is 2.10. The molecule has 1 rings (SSSR count). The fourth-order valence-corrected chi connectivity index (χ4v) is 2.71. The second kappa shape index (κ2) is 8.97. The molecule has 1 heterocycles. The van der Waals surface area contributed by atoms with E-state index in [1.807, 2.05) is 0 Å². The molecule has 0 spiro atoms. The number of carboxylic acids is 1. The molecular formula is C14H21NO2S. The Hall–Kier alpha value is -1.03. The minimum Gasteiger partial charge on any atom is -0.478 e. The molecule has 0 aliphatic carbocycles. The van der Waals surface area contributed by atoms with Crippen LogP contribution in [0.15, 0.2) is 23.4 Å². The summed E-state index contributed by atoms with van der Waals surface area (Å²) in [6.07, 6.45) is 9.18. The molecule has 0 fully saturated rings. The van der Waals surface area contributed by atoms with Gasteiger partial charge in [-0.1, -0.05) is 39.0 Å². The summed E-state index contributed by atoms with van der Waals surface area (Å²) in [5.74, 6) is 0.0530. The highest BCUT2D eigenvalue weighted by atomic mass is 32.2. The van der Waals surface area contributed by atoms with Crippen molar-refractivity contribution in [2.24, 2.45) is 0 Å². The Bertz CT molecular complexity index is 369. The number of hydrogen-bond acceptors (Lipinski definition) is 3. The Morgan fingerprint density at radius 3 is 2.72 bits per heavy atom. The van der Waals surface area contributed by atoms with Gasteiger partial charge >= 0.3 is 5.97 Å². The van der Waals surface area contributed by atoms with E-state index in [9.17, 15) is 4.79 Å². The van der Waals surface area contributed by atoms with Crippen LogP contribution in [0.25, 0.3) is 0 Å².